The lowest BCUT2D eigenvalue weighted by atomic mass is 9.89. The van der Waals surface area contributed by atoms with E-state index in [0.717, 1.165) is 0 Å². The van der Waals surface area contributed by atoms with Crippen LogP contribution in [0.15, 0.2) is 18.2 Å². The summed E-state index contributed by atoms with van der Waals surface area (Å²) in [5.41, 5.74) is 3.87. The van der Waals surface area contributed by atoms with Gasteiger partial charge in [0.1, 0.15) is 6.10 Å². The lowest BCUT2D eigenvalue weighted by Gasteiger charge is -2.29. The molecule has 2 unspecified atom stereocenters. The van der Waals surface area contributed by atoms with E-state index in [0.29, 0.717) is 31.7 Å². The molecule has 2 nitrogen and oxygen atoms in total. The van der Waals surface area contributed by atoms with E-state index in [1.807, 2.05) is 0 Å². The maximum Gasteiger partial charge on any atom is 0.101 e. The highest BCUT2D eigenvalue weighted by Gasteiger charge is 2.27. The van der Waals surface area contributed by atoms with Gasteiger partial charge in [-0.2, -0.15) is 0 Å². The highest BCUT2D eigenvalue weighted by Crippen LogP contribution is 2.35. The van der Waals surface area contributed by atoms with E-state index in [1.165, 1.54) is 16.7 Å². The smallest absolute Gasteiger partial charge is 0.101 e. The average Bonchev–Trinajstić information content (AvgIpc) is 2.46. The van der Waals surface area contributed by atoms with E-state index >= 15 is 0 Å². The second-order valence-electron chi connectivity index (χ2n) is 6.08. The van der Waals surface area contributed by atoms with Gasteiger partial charge in [0.25, 0.3) is 0 Å². The fourth-order valence-corrected chi connectivity index (χ4v) is 2.92. The SMILES string of the molecule is CC(C)c1ccc(C(Cl)C2COCCO2)c(C(C)C)c1. The van der Waals surface area contributed by atoms with Gasteiger partial charge < -0.3 is 9.47 Å². The van der Waals surface area contributed by atoms with Crippen LogP contribution in [0.5, 0.6) is 0 Å². The van der Waals surface area contributed by atoms with Crippen molar-refractivity contribution in [3.63, 3.8) is 0 Å². The summed E-state index contributed by atoms with van der Waals surface area (Å²) in [6.07, 6.45) is -0.0483. The number of hydrogen-bond donors (Lipinski definition) is 0. The number of halogens is 1. The zero-order valence-corrected chi connectivity index (χ0v) is 13.6. The zero-order chi connectivity index (χ0) is 14.7. The van der Waals surface area contributed by atoms with Crippen LogP contribution in [0.25, 0.3) is 0 Å². The Hall–Kier alpha value is -0.570. The summed E-state index contributed by atoms with van der Waals surface area (Å²) < 4.78 is 11.2. The summed E-state index contributed by atoms with van der Waals surface area (Å²) >= 11 is 6.66. The molecule has 0 bridgehead atoms. The first-order valence-corrected chi connectivity index (χ1v) is 7.91. The molecular weight excluding hydrogens is 272 g/mol. The number of hydrogen-bond acceptors (Lipinski definition) is 2. The fraction of sp³-hybridized carbons (Fsp3) is 0.647. The summed E-state index contributed by atoms with van der Waals surface area (Å²) in [4.78, 5) is 0. The van der Waals surface area contributed by atoms with Crippen molar-refractivity contribution >= 4 is 11.6 Å². The number of alkyl halides is 1. The molecule has 2 atom stereocenters. The van der Waals surface area contributed by atoms with Crippen molar-refractivity contribution in [3.05, 3.63) is 34.9 Å². The summed E-state index contributed by atoms with van der Waals surface area (Å²) in [5, 5.41) is -0.145. The van der Waals surface area contributed by atoms with Crippen LogP contribution in [0.2, 0.25) is 0 Å². The first-order valence-electron chi connectivity index (χ1n) is 7.47. The van der Waals surface area contributed by atoms with Crippen LogP contribution < -0.4 is 0 Å². The molecule has 3 heteroatoms. The normalized spacial score (nSPS) is 21.4. The van der Waals surface area contributed by atoms with Crippen molar-refractivity contribution in [3.8, 4) is 0 Å². The molecule has 112 valence electrons. The van der Waals surface area contributed by atoms with E-state index in [4.69, 9.17) is 21.1 Å². The van der Waals surface area contributed by atoms with Crippen molar-refractivity contribution in [2.45, 2.75) is 51.0 Å². The minimum absolute atomic E-state index is 0.0483. The molecule has 1 aromatic rings. The topological polar surface area (TPSA) is 18.5 Å². The van der Waals surface area contributed by atoms with Gasteiger partial charge in [-0.1, -0.05) is 45.9 Å². The van der Waals surface area contributed by atoms with E-state index in [-0.39, 0.29) is 11.5 Å². The predicted octanol–water partition coefficient (Wildman–Crippen LogP) is 4.63. The van der Waals surface area contributed by atoms with Crippen LogP contribution in [-0.2, 0) is 9.47 Å². The summed E-state index contributed by atoms with van der Waals surface area (Å²) in [6, 6.07) is 6.65. The molecule has 1 aromatic carbocycles. The average molecular weight is 297 g/mol. The van der Waals surface area contributed by atoms with Crippen LogP contribution >= 0.6 is 11.6 Å². The minimum Gasteiger partial charge on any atom is -0.376 e. The molecular formula is C17H25ClO2. The second-order valence-corrected chi connectivity index (χ2v) is 6.55. The third-order valence-electron chi connectivity index (χ3n) is 3.86. The maximum absolute atomic E-state index is 6.66. The third-order valence-corrected chi connectivity index (χ3v) is 4.38. The number of benzene rings is 1. The van der Waals surface area contributed by atoms with Gasteiger partial charge in [-0.3, -0.25) is 0 Å². The van der Waals surface area contributed by atoms with Gasteiger partial charge >= 0.3 is 0 Å². The van der Waals surface area contributed by atoms with Gasteiger partial charge in [0.15, 0.2) is 0 Å². The summed E-state index contributed by atoms with van der Waals surface area (Å²) in [7, 11) is 0. The number of ether oxygens (including phenoxy) is 2. The molecule has 0 aromatic heterocycles. The van der Waals surface area contributed by atoms with Crippen LogP contribution in [-0.4, -0.2) is 25.9 Å². The number of rotatable bonds is 4. The highest BCUT2D eigenvalue weighted by atomic mass is 35.5. The van der Waals surface area contributed by atoms with E-state index in [2.05, 4.69) is 45.9 Å². The Morgan fingerprint density at radius 3 is 2.35 bits per heavy atom. The van der Waals surface area contributed by atoms with E-state index in [9.17, 15) is 0 Å². The lowest BCUT2D eigenvalue weighted by molar-refractivity contribution is -0.0893. The Kier molecular flexibility index (Phi) is 5.48. The molecule has 0 spiro atoms. The van der Waals surface area contributed by atoms with Crippen molar-refractivity contribution in [2.75, 3.05) is 19.8 Å². The van der Waals surface area contributed by atoms with Crippen molar-refractivity contribution in [1.82, 2.24) is 0 Å². The van der Waals surface area contributed by atoms with Crippen LogP contribution in [0.1, 0.15) is 61.6 Å². The van der Waals surface area contributed by atoms with Gasteiger partial charge in [-0.25, -0.2) is 0 Å². The Bertz CT molecular complexity index is 437. The molecule has 20 heavy (non-hydrogen) atoms. The molecule has 1 fully saturated rings. The first-order chi connectivity index (χ1) is 9.50. The minimum atomic E-state index is -0.145. The molecule has 0 saturated carbocycles. The predicted molar refractivity (Wildman–Crippen MR) is 83.8 cm³/mol. The monoisotopic (exact) mass is 296 g/mol. The van der Waals surface area contributed by atoms with Crippen LogP contribution in [0.4, 0.5) is 0 Å². The Labute approximate surface area is 127 Å². The van der Waals surface area contributed by atoms with Crippen molar-refractivity contribution in [1.29, 1.82) is 0 Å². The molecule has 0 aliphatic carbocycles. The summed E-state index contributed by atoms with van der Waals surface area (Å²) in [5.74, 6) is 0.985. The molecule has 1 aliphatic heterocycles. The maximum atomic E-state index is 6.66. The molecule has 1 saturated heterocycles. The Morgan fingerprint density at radius 1 is 1.05 bits per heavy atom. The van der Waals surface area contributed by atoms with Crippen LogP contribution in [0.3, 0.4) is 0 Å². The third kappa shape index (κ3) is 3.55. The molecule has 2 rings (SSSR count). The quantitative estimate of drug-likeness (QED) is 0.754. The molecule has 0 N–H and O–H groups in total. The Balaban J connectivity index is 2.29. The lowest BCUT2D eigenvalue weighted by Crippen LogP contribution is -2.32. The fourth-order valence-electron chi connectivity index (χ4n) is 2.58. The first kappa shape index (κ1) is 15.8. The summed E-state index contributed by atoms with van der Waals surface area (Å²) in [6.45, 7) is 10.7. The van der Waals surface area contributed by atoms with Crippen molar-refractivity contribution in [2.24, 2.45) is 0 Å². The van der Waals surface area contributed by atoms with Gasteiger partial charge in [-0.05, 0) is 28.5 Å². The zero-order valence-electron chi connectivity index (χ0n) is 12.9. The standard InChI is InChI=1S/C17H25ClO2/c1-11(2)13-5-6-14(15(9-13)12(3)4)17(18)16-10-19-7-8-20-16/h5-6,9,11-12,16-17H,7-8,10H2,1-4H3. The van der Waals surface area contributed by atoms with Crippen molar-refractivity contribution < 1.29 is 9.47 Å². The Morgan fingerprint density at radius 2 is 1.80 bits per heavy atom. The van der Waals surface area contributed by atoms with Gasteiger partial charge in [-0.15, -0.1) is 11.6 Å². The van der Waals surface area contributed by atoms with Gasteiger partial charge in [0.05, 0.1) is 25.2 Å². The second kappa shape index (κ2) is 6.93. The largest absolute Gasteiger partial charge is 0.376 e. The molecule has 0 amide bonds. The molecule has 1 heterocycles. The van der Waals surface area contributed by atoms with E-state index in [1.54, 1.807) is 0 Å². The van der Waals surface area contributed by atoms with Gasteiger partial charge in [0, 0.05) is 0 Å². The van der Waals surface area contributed by atoms with Crippen LogP contribution in [0, 0.1) is 0 Å². The van der Waals surface area contributed by atoms with E-state index < -0.39 is 0 Å². The van der Waals surface area contributed by atoms with Gasteiger partial charge in [0.2, 0.25) is 0 Å². The molecule has 0 radical (unpaired) electrons. The highest BCUT2D eigenvalue weighted by molar-refractivity contribution is 6.21. The molecule has 1 aliphatic rings.